The summed E-state index contributed by atoms with van der Waals surface area (Å²) in [4.78, 5) is 16.3. The maximum Gasteiger partial charge on any atom is 0.319 e. The summed E-state index contributed by atoms with van der Waals surface area (Å²) in [5, 5.41) is 9.33. The first-order chi connectivity index (χ1) is 14.0. The SMILES string of the molecule is COc1cc(-c2noc(CNC(=O)Nc3cccc(Br)c3)n2)cc(OC)c1OC. The number of aromatic nitrogens is 2. The average molecular weight is 463 g/mol. The van der Waals surface area contributed by atoms with Crippen molar-refractivity contribution in [3.63, 3.8) is 0 Å². The van der Waals surface area contributed by atoms with Gasteiger partial charge in [-0.1, -0.05) is 27.2 Å². The normalized spacial score (nSPS) is 10.3. The summed E-state index contributed by atoms with van der Waals surface area (Å²) in [6.45, 7) is 0.0667. The Morgan fingerprint density at radius 3 is 2.45 bits per heavy atom. The Bertz CT molecular complexity index is 983. The smallest absolute Gasteiger partial charge is 0.319 e. The molecule has 0 saturated heterocycles. The minimum absolute atomic E-state index is 0.0667. The van der Waals surface area contributed by atoms with Crippen molar-refractivity contribution in [3.8, 4) is 28.6 Å². The van der Waals surface area contributed by atoms with E-state index < -0.39 is 6.03 Å². The largest absolute Gasteiger partial charge is 0.493 e. The van der Waals surface area contributed by atoms with Crippen molar-refractivity contribution >= 4 is 27.6 Å². The molecule has 0 fully saturated rings. The van der Waals surface area contributed by atoms with Gasteiger partial charge in [-0.05, 0) is 30.3 Å². The van der Waals surface area contributed by atoms with Gasteiger partial charge in [-0.3, -0.25) is 0 Å². The zero-order valence-corrected chi connectivity index (χ0v) is 17.6. The Labute approximate surface area is 175 Å². The third-order valence-corrected chi connectivity index (χ3v) is 4.37. The van der Waals surface area contributed by atoms with Crippen LogP contribution in [0.25, 0.3) is 11.4 Å². The number of nitrogens with zero attached hydrogens (tertiary/aromatic N) is 2. The molecule has 0 bridgehead atoms. The average Bonchev–Trinajstić information content (AvgIpc) is 3.20. The lowest BCUT2D eigenvalue weighted by molar-refractivity contribution is 0.249. The van der Waals surface area contributed by atoms with Crippen LogP contribution in [0.15, 0.2) is 45.4 Å². The monoisotopic (exact) mass is 462 g/mol. The molecule has 3 rings (SSSR count). The first-order valence-electron chi connectivity index (χ1n) is 8.47. The first-order valence-corrected chi connectivity index (χ1v) is 9.26. The third-order valence-electron chi connectivity index (χ3n) is 3.87. The van der Waals surface area contributed by atoms with E-state index in [1.54, 1.807) is 24.3 Å². The van der Waals surface area contributed by atoms with E-state index in [-0.39, 0.29) is 12.4 Å². The molecule has 0 saturated carbocycles. The molecule has 152 valence electrons. The molecule has 1 aromatic heterocycles. The van der Waals surface area contributed by atoms with Gasteiger partial charge < -0.3 is 29.4 Å². The van der Waals surface area contributed by atoms with Gasteiger partial charge in [0.2, 0.25) is 17.5 Å². The van der Waals surface area contributed by atoms with E-state index in [0.29, 0.717) is 34.3 Å². The van der Waals surface area contributed by atoms with Gasteiger partial charge in [0.05, 0.1) is 27.9 Å². The summed E-state index contributed by atoms with van der Waals surface area (Å²) in [5.74, 6) is 1.99. The van der Waals surface area contributed by atoms with Crippen molar-refractivity contribution in [2.75, 3.05) is 26.6 Å². The first kappa shape index (κ1) is 20.5. The van der Waals surface area contributed by atoms with Gasteiger partial charge >= 0.3 is 6.03 Å². The number of nitrogens with one attached hydrogen (secondary N) is 2. The number of methoxy groups -OCH3 is 3. The van der Waals surface area contributed by atoms with Gasteiger partial charge in [0.25, 0.3) is 0 Å². The van der Waals surface area contributed by atoms with E-state index in [4.69, 9.17) is 18.7 Å². The van der Waals surface area contributed by atoms with Gasteiger partial charge in [-0.15, -0.1) is 0 Å². The Morgan fingerprint density at radius 2 is 1.83 bits per heavy atom. The predicted octanol–water partition coefficient (Wildman–Crippen LogP) is 3.85. The number of amides is 2. The molecule has 0 spiro atoms. The molecule has 0 aliphatic heterocycles. The van der Waals surface area contributed by atoms with Crippen molar-refractivity contribution in [2.45, 2.75) is 6.54 Å². The van der Waals surface area contributed by atoms with Crippen LogP contribution in [0.5, 0.6) is 17.2 Å². The molecule has 0 radical (unpaired) electrons. The number of halogens is 1. The second-order valence-electron chi connectivity index (χ2n) is 5.74. The fourth-order valence-electron chi connectivity index (χ4n) is 2.55. The molecule has 29 heavy (non-hydrogen) atoms. The van der Waals surface area contributed by atoms with Crippen LogP contribution in [-0.2, 0) is 6.54 Å². The molecule has 3 aromatic rings. The van der Waals surface area contributed by atoms with E-state index in [2.05, 4.69) is 36.7 Å². The van der Waals surface area contributed by atoms with E-state index >= 15 is 0 Å². The number of anilines is 1. The molecule has 10 heteroatoms. The summed E-state index contributed by atoms with van der Waals surface area (Å²) in [6, 6.07) is 10.3. The van der Waals surface area contributed by atoms with Crippen molar-refractivity contribution in [2.24, 2.45) is 0 Å². The number of benzene rings is 2. The summed E-state index contributed by atoms with van der Waals surface area (Å²) in [6.07, 6.45) is 0. The lowest BCUT2D eigenvalue weighted by atomic mass is 10.1. The van der Waals surface area contributed by atoms with Crippen LogP contribution in [0.2, 0.25) is 0 Å². The van der Waals surface area contributed by atoms with Crippen molar-refractivity contribution in [1.82, 2.24) is 15.5 Å². The van der Waals surface area contributed by atoms with Gasteiger partial charge in [0.1, 0.15) is 0 Å². The zero-order chi connectivity index (χ0) is 20.8. The van der Waals surface area contributed by atoms with Gasteiger partial charge in [-0.25, -0.2) is 4.79 Å². The lowest BCUT2D eigenvalue weighted by Gasteiger charge is -2.12. The molecule has 2 amide bonds. The topological polar surface area (TPSA) is 108 Å². The van der Waals surface area contributed by atoms with Crippen LogP contribution in [-0.4, -0.2) is 37.5 Å². The predicted molar refractivity (Wildman–Crippen MR) is 109 cm³/mol. The van der Waals surface area contributed by atoms with Crippen LogP contribution in [0.1, 0.15) is 5.89 Å². The minimum atomic E-state index is -0.393. The Hall–Kier alpha value is -3.27. The number of hydrogen-bond donors (Lipinski definition) is 2. The number of urea groups is 1. The highest BCUT2D eigenvalue weighted by Gasteiger charge is 2.17. The van der Waals surface area contributed by atoms with Gasteiger partial charge in [0.15, 0.2) is 11.5 Å². The van der Waals surface area contributed by atoms with Crippen LogP contribution < -0.4 is 24.8 Å². The third kappa shape index (κ3) is 4.96. The molecular weight excluding hydrogens is 444 g/mol. The van der Waals surface area contributed by atoms with Gasteiger partial charge in [-0.2, -0.15) is 4.98 Å². The Kier molecular flexibility index (Phi) is 6.55. The maximum atomic E-state index is 12.0. The highest BCUT2D eigenvalue weighted by Crippen LogP contribution is 2.40. The second-order valence-corrected chi connectivity index (χ2v) is 6.66. The second kappa shape index (κ2) is 9.28. The Balaban J connectivity index is 1.68. The molecule has 0 aliphatic rings. The van der Waals surface area contributed by atoms with E-state index in [9.17, 15) is 4.79 Å². The number of carbonyl (C=O) groups excluding carboxylic acids is 1. The summed E-state index contributed by atoms with van der Waals surface area (Å²) in [7, 11) is 4.57. The van der Waals surface area contributed by atoms with Crippen LogP contribution >= 0.6 is 15.9 Å². The number of carbonyl (C=O) groups is 1. The van der Waals surface area contributed by atoms with Crippen LogP contribution in [0.3, 0.4) is 0 Å². The number of ether oxygens (including phenoxy) is 3. The number of rotatable bonds is 7. The quantitative estimate of drug-likeness (QED) is 0.548. The molecule has 2 N–H and O–H groups in total. The Morgan fingerprint density at radius 1 is 1.10 bits per heavy atom. The highest BCUT2D eigenvalue weighted by molar-refractivity contribution is 9.10. The summed E-state index contributed by atoms with van der Waals surface area (Å²) < 4.78 is 22.0. The molecule has 0 atom stereocenters. The molecular formula is C19H19BrN4O5. The summed E-state index contributed by atoms with van der Waals surface area (Å²) in [5.41, 5.74) is 1.27. The molecule has 0 unspecified atom stereocenters. The standard InChI is InChI=1S/C19H19BrN4O5/c1-26-14-7-11(8-15(27-2)17(14)28-3)18-23-16(29-24-18)10-21-19(25)22-13-6-4-5-12(20)9-13/h4-9H,10H2,1-3H3,(H2,21,22,25). The van der Waals surface area contributed by atoms with Crippen molar-refractivity contribution in [1.29, 1.82) is 0 Å². The van der Waals surface area contributed by atoms with E-state index in [0.717, 1.165) is 4.47 Å². The number of hydrogen-bond acceptors (Lipinski definition) is 7. The van der Waals surface area contributed by atoms with Crippen molar-refractivity contribution in [3.05, 3.63) is 46.8 Å². The molecule has 0 aliphatic carbocycles. The zero-order valence-electron chi connectivity index (χ0n) is 16.0. The maximum absolute atomic E-state index is 12.0. The van der Waals surface area contributed by atoms with E-state index in [1.807, 2.05) is 12.1 Å². The van der Waals surface area contributed by atoms with Crippen LogP contribution in [0, 0.1) is 0 Å². The molecule has 1 heterocycles. The van der Waals surface area contributed by atoms with Crippen LogP contribution in [0.4, 0.5) is 10.5 Å². The summed E-state index contributed by atoms with van der Waals surface area (Å²) >= 11 is 3.35. The van der Waals surface area contributed by atoms with Gasteiger partial charge in [0, 0.05) is 15.7 Å². The van der Waals surface area contributed by atoms with E-state index in [1.165, 1.54) is 21.3 Å². The lowest BCUT2D eigenvalue weighted by Crippen LogP contribution is -2.28. The molecule has 2 aromatic carbocycles. The highest BCUT2D eigenvalue weighted by atomic mass is 79.9. The fourth-order valence-corrected chi connectivity index (χ4v) is 2.95. The molecule has 9 nitrogen and oxygen atoms in total. The minimum Gasteiger partial charge on any atom is -0.493 e. The van der Waals surface area contributed by atoms with Crippen molar-refractivity contribution < 1.29 is 23.5 Å². The fraction of sp³-hybridized carbons (Fsp3) is 0.211.